The average molecular weight is 465 g/mol. The van der Waals surface area contributed by atoms with E-state index in [0.717, 1.165) is 30.8 Å². The van der Waals surface area contributed by atoms with Crippen molar-refractivity contribution >= 4 is 16.6 Å². The Labute approximate surface area is 200 Å². The lowest BCUT2D eigenvalue weighted by atomic mass is 9.91. The lowest BCUT2D eigenvalue weighted by Gasteiger charge is -2.39. The lowest BCUT2D eigenvalue weighted by Crippen LogP contribution is -2.35. The molecule has 180 valence electrons. The van der Waals surface area contributed by atoms with E-state index in [-0.39, 0.29) is 18.8 Å². The van der Waals surface area contributed by atoms with Crippen LogP contribution in [0.2, 0.25) is 0 Å². The molecule has 1 saturated heterocycles. The van der Waals surface area contributed by atoms with Gasteiger partial charge in [0.2, 0.25) is 0 Å². The molecule has 3 atom stereocenters. The largest absolute Gasteiger partial charge is 0.378 e. The number of allylic oxidation sites excluding steroid dienone is 1. The van der Waals surface area contributed by atoms with E-state index in [1.165, 1.54) is 27.7 Å². The first-order valence-corrected chi connectivity index (χ1v) is 12.4. The number of nitrogens with zero attached hydrogens (tertiary/aromatic N) is 2. The molecule has 5 rings (SSSR count). The van der Waals surface area contributed by atoms with Crippen LogP contribution in [0.4, 0.5) is 14.5 Å². The van der Waals surface area contributed by atoms with Crippen LogP contribution in [0.3, 0.4) is 0 Å². The summed E-state index contributed by atoms with van der Waals surface area (Å²) in [6, 6.07) is 16.7. The Hall–Kier alpha value is -2.86. The van der Waals surface area contributed by atoms with Gasteiger partial charge in [-0.15, -0.1) is 0 Å². The Morgan fingerprint density at radius 1 is 1.15 bits per heavy atom. The van der Waals surface area contributed by atoms with Gasteiger partial charge in [0, 0.05) is 54.2 Å². The van der Waals surface area contributed by atoms with Crippen LogP contribution < -0.4 is 5.32 Å². The van der Waals surface area contributed by atoms with Crippen molar-refractivity contribution in [2.24, 2.45) is 0 Å². The SMILES string of the molecule is C=C(CC)N1CCc2c([nH]c3ccccc23)[C@H]1c1ccc(N[C@@H]2CN(CCCF)C[C@@H]2F)cc1. The fourth-order valence-electron chi connectivity index (χ4n) is 5.55. The molecule has 0 spiro atoms. The van der Waals surface area contributed by atoms with E-state index < -0.39 is 6.17 Å². The van der Waals surface area contributed by atoms with Gasteiger partial charge >= 0.3 is 0 Å². The third kappa shape index (κ3) is 4.31. The molecule has 0 saturated carbocycles. The van der Waals surface area contributed by atoms with E-state index in [0.29, 0.717) is 26.1 Å². The number of alkyl halides is 2. The molecule has 0 aliphatic carbocycles. The smallest absolute Gasteiger partial charge is 0.134 e. The highest BCUT2D eigenvalue weighted by Crippen LogP contribution is 2.40. The van der Waals surface area contributed by atoms with Crippen LogP contribution in [-0.4, -0.2) is 59.9 Å². The quantitative estimate of drug-likeness (QED) is 0.440. The molecule has 3 heterocycles. The zero-order valence-corrected chi connectivity index (χ0v) is 19.9. The number of H-pyrrole nitrogens is 1. The maximum atomic E-state index is 14.5. The predicted molar refractivity (Wildman–Crippen MR) is 136 cm³/mol. The van der Waals surface area contributed by atoms with Crippen LogP contribution in [0.5, 0.6) is 0 Å². The van der Waals surface area contributed by atoms with Crippen LogP contribution in [0.25, 0.3) is 10.9 Å². The first kappa shape index (κ1) is 22.9. The number of para-hydroxylation sites is 1. The second kappa shape index (κ2) is 9.79. The summed E-state index contributed by atoms with van der Waals surface area (Å²) >= 11 is 0. The van der Waals surface area contributed by atoms with Gasteiger partial charge in [-0.1, -0.05) is 43.8 Å². The Bertz CT molecular complexity index is 1140. The number of aromatic nitrogens is 1. The van der Waals surface area contributed by atoms with Crippen LogP contribution in [0, 0.1) is 0 Å². The topological polar surface area (TPSA) is 34.3 Å². The molecule has 2 aliphatic heterocycles. The summed E-state index contributed by atoms with van der Waals surface area (Å²) in [4.78, 5) is 8.11. The van der Waals surface area contributed by atoms with E-state index in [1.54, 1.807) is 0 Å². The van der Waals surface area contributed by atoms with E-state index in [1.807, 2.05) is 4.90 Å². The Kier molecular flexibility index (Phi) is 6.59. The van der Waals surface area contributed by atoms with Crippen LogP contribution in [0.15, 0.2) is 60.8 Å². The Morgan fingerprint density at radius 3 is 2.71 bits per heavy atom. The van der Waals surface area contributed by atoms with Crippen molar-refractivity contribution in [1.29, 1.82) is 0 Å². The molecule has 1 aromatic heterocycles. The first-order chi connectivity index (χ1) is 16.6. The highest BCUT2D eigenvalue weighted by atomic mass is 19.1. The number of halogens is 2. The molecular weight excluding hydrogens is 430 g/mol. The summed E-state index contributed by atoms with van der Waals surface area (Å²) in [6.07, 6.45) is 1.41. The molecule has 4 nitrogen and oxygen atoms in total. The van der Waals surface area contributed by atoms with Gasteiger partial charge in [0.15, 0.2) is 0 Å². The number of anilines is 1. The summed E-state index contributed by atoms with van der Waals surface area (Å²) in [6.45, 7) is 8.67. The maximum Gasteiger partial charge on any atom is 0.134 e. The van der Waals surface area contributed by atoms with Crippen molar-refractivity contribution in [3.63, 3.8) is 0 Å². The van der Waals surface area contributed by atoms with Gasteiger partial charge in [-0.2, -0.15) is 0 Å². The predicted octanol–water partition coefficient (Wildman–Crippen LogP) is 5.83. The second-order valence-corrected chi connectivity index (χ2v) is 9.52. The number of hydrogen-bond acceptors (Lipinski definition) is 3. The van der Waals surface area contributed by atoms with Gasteiger partial charge in [0.1, 0.15) is 6.17 Å². The fraction of sp³-hybridized carbons (Fsp3) is 0.429. The molecule has 0 unspecified atom stereocenters. The Morgan fingerprint density at radius 2 is 1.94 bits per heavy atom. The standard InChI is InChI=1S/C28H34F2N4/c1-3-19(2)34-16-13-23-22-7-4-5-8-25(22)32-27(23)28(34)20-9-11-21(12-10-20)31-26-18-33(15-6-14-29)17-24(26)30/h4-5,7-12,24,26,28,31-32H,2-3,6,13-18H2,1H3/t24-,26+,28+/m0/s1. The highest BCUT2D eigenvalue weighted by molar-refractivity contribution is 5.85. The maximum absolute atomic E-state index is 14.5. The minimum atomic E-state index is -0.949. The van der Waals surface area contributed by atoms with Crippen LogP contribution >= 0.6 is 0 Å². The van der Waals surface area contributed by atoms with Gasteiger partial charge in [0.25, 0.3) is 0 Å². The normalized spacial score (nSPS) is 22.8. The zero-order chi connectivity index (χ0) is 23.7. The van der Waals surface area contributed by atoms with Crippen molar-refractivity contribution in [3.05, 3.63) is 77.6 Å². The second-order valence-electron chi connectivity index (χ2n) is 9.52. The number of rotatable bonds is 8. The van der Waals surface area contributed by atoms with Gasteiger partial charge in [-0.3, -0.25) is 9.29 Å². The minimum absolute atomic E-state index is 0.0780. The summed E-state index contributed by atoms with van der Waals surface area (Å²) < 4.78 is 27.0. The number of fused-ring (bicyclic) bond motifs is 3. The summed E-state index contributed by atoms with van der Waals surface area (Å²) in [5.74, 6) is 0. The van der Waals surface area contributed by atoms with Crippen molar-refractivity contribution in [2.45, 2.75) is 44.4 Å². The Balaban J connectivity index is 1.39. The molecule has 1 fully saturated rings. The van der Waals surface area contributed by atoms with Crippen molar-refractivity contribution < 1.29 is 8.78 Å². The fourth-order valence-corrected chi connectivity index (χ4v) is 5.55. The molecule has 6 heteroatoms. The monoisotopic (exact) mass is 464 g/mol. The lowest BCUT2D eigenvalue weighted by molar-refractivity contribution is 0.265. The molecule has 3 aromatic rings. The first-order valence-electron chi connectivity index (χ1n) is 12.4. The number of benzene rings is 2. The van der Waals surface area contributed by atoms with Gasteiger partial charge in [0.05, 0.1) is 18.8 Å². The highest BCUT2D eigenvalue weighted by Gasteiger charge is 2.34. The molecule has 2 aromatic carbocycles. The third-order valence-electron chi connectivity index (χ3n) is 7.36. The molecule has 34 heavy (non-hydrogen) atoms. The van der Waals surface area contributed by atoms with Gasteiger partial charge in [-0.05, 0) is 48.6 Å². The molecule has 0 amide bonds. The van der Waals surface area contributed by atoms with Crippen LogP contribution in [-0.2, 0) is 6.42 Å². The third-order valence-corrected chi connectivity index (χ3v) is 7.36. The van der Waals surface area contributed by atoms with Gasteiger partial charge < -0.3 is 15.2 Å². The average Bonchev–Trinajstić information content (AvgIpc) is 3.41. The number of likely N-dealkylation sites (tertiary alicyclic amines) is 1. The van der Waals surface area contributed by atoms with Crippen molar-refractivity contribution in [3.8, 4) is 0 Å². The summed E-state index contributed by atoms with van der Waals surface area (Å²) in [7, 11) is 0. The van der Waals surface area contributed by atoms with E-state index >= 15 is 0 Å². The number of hydrogen-bond donors (Lipinski definition) is 2. The van der Waals surface area contributed by atoms with Crippen LogP contribution in [0.1, 0.15) is 42.6 Å². The molecule has 2 N–H and O–H groups in total. The molecular formula is C28H34F2N4. The number of nitrogens with one attached hydrogen (secondary N) is 2. The summed E-state index contributed by atoms with van der Waals surface area (Å²) in [5, 5.41) is 4.66. The number of aromatic amines is 1. The summed E-state index contributed by atoms with van der Waals surface area (Å²) in [5.41, 5.74) is 7.05. The van der Waals surface area contributed by atoms with Gasteiger partial charge in [-0.25, -0.2) is 4.39 Å². The van der Waals surface area contributed by atoms with Crippen molar-refractivity contribution in [2.75, 3.05) is 38.2 Å². The van der Waals surface area contributed by atoms with E-state index in [9.17, 15) is 8.78 Å². The molecule has 0 bridgehead atoms. The molecule has 2 aliphatic rings. The molecule has 0 radical (unpaired) electrons. The zero-order valence-electron chi connectivity index (χ0n) is 19.9. The van der Waals surface area contributed by atoms with E-state index in [4.69, 9.17) is 0 Å². The van der Waals surface area contributed by atoms with E-state index in [2.05, 4.69) is 77.2 Å². The van der Waals surface area contributed by atoms with Crippen molar-refractivity contribution in [1.82, 2.24) is 14.8 Å². The minimum Gasteiger partial charge on any atom is -0.378 e.